The third-order valence-electron chi connectivity index (χ3n) is 6.42. The van der Waals surface area contributed by atoms with Gasteiger partial charge < -0.3 is 21.7 Å². The van der Waals surface area contributed by atoms with Crippen molar-refractivity contribution in [1.82, 2.24) is 15.3 Å². The SMILES string of the molecule is NC(=O)[C@H]1[C@H]2CC3CNC(=O)c4cccc(c4)Nc4ncc(F)c(n4)N[C@@H]1[C@@H]3C2. The molecule has 150 valence electrons. The maximum absolute atomic E-state index is 14.4. The van der Waals surface area contributed by atoms with E-state index in [0.717, 1.165) is 19.0 Å². The summed E-state index contributed by atoms with van der Waals surface area (Å²) in [6.07, 6.45) is 2.72. The van der Waals surface area contributed by atoms with Crippen LogP contribution in [0.25, 0.3) is 0 Å². The summed E-state index contributed by atoms with van der Waals surface area (Å²) < 4.78 is 14.4. The van der Waals surface area contributed by atoms with E-state index in [1.54, 1.807) is 24.3 Å². The number of carbonyl (C=O) groups excluding carboxylic acids is 2. The average molecular weight is 396 g/mol. The molecule has 1 unspecified atom stereocenters. The van der Waals surface area contributed by atoms with Crippen LogP contribution in [0.1, 0.15) is 23.2 Å². The number of anilines is 3. The zero-order valence-corrected chi connectivity index (χ0v) is 15.6. The smallest absolute Gasteiger partial charge is 0.251 e. The van der Waals surface area contributed by atoms with Crippen LogP contribution in [0.2, 0.25) is 0 Å². The number of primary amides is 1. The molecule has 0 radical (unpaired) electrons. The van der Waals surface area contributed by atoms with Gasteiger partial charge in [0.2, 0.25) is 11.9 Å². The molecule has 8 nitrogen and oxygen atoms in total. The highest BCUT2D eigenvalue weighted by molar-refractivity contribution is 5.95. The van der Waals surface area contributed by atoms with Crippen molar-refractivity contribution in [3.8, 4) is 0 Å². The Kier molecular flexibility index (Phi) is 4.11. The third-order valence-corrected chi connectivity index (χ3v) is 6.42. The number of aromatic nitrogens is 2. The molecule has 0 spiro atoms. The summed E-state index contributed by atoms with van der Waals surface area (Å²) in [6.45, 7) is 0.499. The van der Waals surface area contributed by atoms with Crippen LogP contribution in [0.4, 0.5) is 21.8 Å². The number of fused-ring (bicyclic) bond motifs is 5. The van der Waals surface area contributed by atoms with E-state index in [9.17, 15) is 14.0 Å². The zero-order chi connectivity index (χ0) is 20.1. The molecule has 2 aliphatic carbocycles. The van der Waals surface area contributed by atoms with E-state index >= 15 is 0 Å². The van der Waals surface area contributed by atoms with Crippen LogP contribution in [-0.4, -0.2) is 34.4 Å². The Labute approximate surface area is 166 Å². The lowest BCUT2D eigenvalue weighted by Gasteiger charge is -2.35. The summed E-state index contributed by atoms with van der Waals surface area (Å²) in [7, 11) is 0. The Balaban J connectivity index is 1.56. The van der Waals surface area contributed by atoms with Gasteiger partial charge in [-0.15, -0.1) is 0 Å². The first-order valence-corrected chi connectivity index (χ1v) is 9.73. The number of nitrogens with one attached hydrogen (secondary N) is 3. The fourth-order valence-electron chi connectivity index (χ4n) is 5.21. The molecule has 3 aliphatic rings. The van der Waals surface area contributed by atoms with Gasteiger partial charge in [-0.1, -0.05) is 6.07 Å². The maximum Gasteiger partial charge on any atom is 0.251 e. The van der Waals surface area contributed by atoms with Gasteiger partial charge in [0.15, 0.2) is 11.6 Å². The molecule has 0 saturated heterocycles. The molecule has 1 aliphatic heterocycles. The zero-order valence-electron chi connectivity index (χ0n) is 15.6. The van der Waals surface area contributed by atoms with Crippen LogP contribution in [0.3, 0.4) is 0 Å². The second-order valence-corrected chi connectivity index (χ2v) is 8.06. The second-order valence-electron chi connectivity index (χ2n) is 8.06. The first-order chi connectivity index (χ1) is 14.0. The van der Waals surface area contributed by atoms with E-state index in [1.807, 2.05) is 0 Å². The van der Waals surface area contributed by atoms with Crippen molar-refractivity contribution in [2.45, 2.75) is 18.9 Å². The molecule has 29 heavy (non-hydrogen) atoms. The van der Waals surface area contributed by atoms with E-state index in [4.69, 9.17) is 5.73 Å². The number of nitrogens with two attached hydrogens (primary N) is 1. The van der Waals surface area contributed by atoms with E-state index in [2.05, 4.69) is 25.9 Å². The van der Waals surface area contributed by atoms with Crippen LogP contribution < -0.4 is 21.7 Å². The molecule has 2 aromatic rings. The fraction of sp³-hybridized carbons (Fsp3) is 0.400. The highest BCUT2D eigenvalue weighted by Gasteiger charge is 2.55. The van der Waals surface area contributed by atoms with Crippen molar-refractivity contribution >= 4 is 29.3 Å². The molecule has 5 rings (SSSR count). The normalized spacial score (nSPS) is 30.0. The highest BCUT2D eigenvalue weighted by Crippen LogP contribution is 2.52. The predicted octanol–water partition coefficient (Wildman–Crippen LogP) is 1.64. The van der Waals surface area contributed by atoms with E-state index < -0.39 is 11.7 Å². The molecular formula is C20H21FN6O2. The number of hydrogen-bond donors (Lipinski definition) is 4. The highest BCUT2D eigenvalue weighted by atomic mass is 19.1. The van der Waals surface area contributed by atoms with Gasteiger partial charge in [-0.3, -0.25) is 9.59 Å². The van der Waals surface area contributed by atoms with Crippen molar-refractivity contribution < 1.29 is 14.0 Å². The van der Waals surface area contributed by atoms with Gasteiger partial charge in [-0.2, -0.15) is 4.98 Å². The number of nitrogens with zero attached hydrogens (tertiary/aromatic N) is 2. The summed E-state index contributed by atoms with van der Waals surface area (Å²) in [5.74, 6) is -0.891. The number of amides is 2. The van der Waals surface area contributed by atoms with Gasteiger partial charge >= 0.3 is 0 Å². The van der Waals surface area contributed by atoms with Crippen molar-refractivity contribution in [2.24, 2.45) is 29.4 Å². The lowest BCUT2D eigenvalue weighted by Crippen LogP contribution is -2.47. The molecule has 2 amide bonds. The first-order valence-electron chi connectivity index (χ1n) is 9.73. The van der Waals surface area contributed by atoms with Crippen molar-refractivity contribution in [3.63, 3.8) is 0 Å². The summed E-state index contributed by atoms with van der Waals surface area (Å²) in [4.78, 5) is 33.0. The minimum Gasteiger partial charge on any atom is -0.369 e. The molecule has 6 bridgehead atoms. The number of benzene rings is 1. The van der Waals surface area contributed by atoms with Crippen LogP contribution in [0, 0.1) is 29.5 Å². The standard InChI is InChI=1S/C20H21FN6O2/c21-14-8-24-20-25-12-3-1-2-9(5-12)19(29)23-7-11-4-10-6-13(11)16(15(10)17(22)28)26-18(14)27-20/h1-3,5,8,10-11,13,15-16H,4,6-7H2,(H2,22,28)(H,23,29)(H2,24,25,26,27)/t10-,11?,13+,15-,16+/m0/s1. The third kappa shape index (κ3) is 3.06. The molecule has 1 aromatic carbocycles. The van der Waals surface area contributed by atoms with Crippen LogP contribution in [-0.2, 0) is 4.79 Å². The van der Waals surface area contributed by atoms with E-state index in [1.165, 1.54) is 0 Å². The second kappa shape index (κ2) is 6.68. The topological polar surface area (TPSA) is 122 Å². The summed E-state index contributed by atoms with van der Waals surface area (Å²) in [6, 6.07) is 6.64. The van der Waals surface area contributed by atoms with Gasteiger partial charge in [-0.25, -0.2) is 9.37 Å². The Morgan fingerprint density at radius 3 is 2.93 bits per heavy atom. The lowest BCUT2D eigenvalue weighted by molar-refractivity contribution is -0.123. The largest absolute Gasteiger partial charge is 0.369 e. The minimum atomic E-state index is -0.591. The number of halogens is 1. The molecular weight excluding hydrogens is 375 g/mol. The van der Waals surface area contributed by atoms with Gasteiger partial charge in [-0.05, 0) is 48.8 Å². The van der Waals surface area contributed by atoms with Gasteiger partial charge in [0.25, 0.3) is 5.91 Å². The monoisotopic (exact) mass is 396 g/mol. The number of hydrogen-bond acceptors (Lipinski definition) is 6. The van der Waals surface area contributed by atoms with Crippen LogP contribution >= 0.6 is 0 Å². The summed E-state index contributed by atoms with van der Waals surface area (Å²) in [5, 5.41) is 9.13. The van der Waals surface area contributed by atoms with E-state index in [-0.39, 0.29) is 47.4 Å². The van der Waals surface area contributed by atoms with Crippen LogP contribution in [0.5, 0.6) is 0 Å². The van der Waals surface area contributed by atoms with Crippen molar-refractivity contribution in [2.75, 3.05) is 17.2 Å². The predicted molar refractivity (Wildman–Crippen MR) is 104 cm³/mol. The molecule has 9 heteroatoms. The maximum atomic E-state index is 14.4. The number of carbonyl (C=O) groups is 2. The Morgan fingerprint density at radius 2 is 2.10 bits per heavy atom. The average Bonchev–Trinajstić information content (AvgIpc) is 3.26. The summed E-state index contributed by atoms with van der Waals surface area (Å²) in [5.41, 5.74) is 6.80. The Bertz CT molecular complexity index is 999. The van der Waals surface area contributed by atoms with Crippen molar-refractivity contribution in [3.05, 3.63) is 41.8 Å². The first kappa shape index (κ1) is 17.8. The molecule has 5 N–H and O–H groups in total. The molecule has 2 saturated carbocycles. The molecule has 2 heterocycles. The fourth-order valence-corrected chi connectivity index (χ4v) is 5.21. The molecule has 1 aromatic heterocycles. The number of rotatable bonds is 1. The van der Waals surface area contributed by atoms with Crippen LogP contribution in [0.15, 0.2) is 30.5 Å². The van der Waals surface area contributed by atoms with Gasteiger partial charge in [0.1, 0.15) is 0 Å². The Morgan fingerprint density at radius 1 is 1.24 bits per heavy atom. The van der Waals surface area contributed by atoms with Gasteiger partial charge in [0, 0.05) is 23.8 Å². The Hall–Kier alpha value is -3.23. The lowest BCUT2D eigenvalue weighted by atomic mass is 9.77. The van der Waals surface area contributed by atoms with E-state index in [0.29, 0.717) is 17.8 Å². The quantitative estimate of drug-likeness (QED) is 0.581. The molecule has 5 atom stereocenters. The van der Waals surface area contributed by atoms with Gasteiger partial charge in [0.05, 0.1) is 12.1 Å². The molecule has 2 fully saturated rings. The van der Waals surface area contributed by atoms with Crippen molar-refractivity contribution in [1.29, 1.82) is 0 Å². The summed E-state index contributed by atoms with van der Waals surface area (Å²) >= 11 is 0. The minimum absolute atomic E-state index is 0.0438.